The number of hydrogen-bond donors (Lipinski definition) is 1. The Morgan fingerprint density at radius 2 is 1.81 bits per heavy atom. The summed E-state index contributed by atoms with van der Waals surface area (Å²) in [6.07, 6.45) is 1.90. The second-order valence-corrected chi connectivity index (χ2v) is 4.38. The standard InChI is InChI=1S/C13H16N2S/c1-9-5-4-6-10(2)13(9)15-11(3)12(8-16)7-14-15/h4-7,16H,8H2,1-3H3. The average molecular weight is 232 g/mol. The van der Waals surface area contributed by atoms with Crippen LogP contribution in [0.25, 0.3) is 5.69 Å². The third-order valence-electron chi connectivity index (χ3n) is 2.93. The van der Waals surface area contributed by atoms with Crippen LogP contribution in [0.4, 0.5) is 0 Å². The molecule has 1 heterocycles. The molecule has 0 fully saturated rings. The zero-order valence-corrected chi connectivity index (χ0v) is 10.8. The fraction of sp³-hybridized carbons (Fsp3) is 0.308. The fourth-order valence-corrected chi connectivity index (χ4v) is 2.27. The Labute approximate surface area is 102 Å². The minimum atomic E-state index is 0.733. The molecular formula is C13H16N2S. The van der Waals surface area contributed by atoms with E-state index in [9.17, 15) is 0 Å². The fourth-order valence-electron chi connectivity index (χ4n) is 1.96. The number of rotatable bonds is 2. The summed E-state index contributed by atoms with van der Waals surface area (Å²) in [5, 5.41) is 4.45. The van der Waals surface area contributed by atoms with Crippen LogP contribution < -0.4 is 0 Å². The third kappa shape index (κ3) is 1.76. The smallest absolute Gasteiger partial charge is 0.0707 e. The molecule has 0 saturated heterocycles. The van der Waals surface area contributed by atoms with E-state index in [0.29, 0.717) is 0 Å². The summed E-state index contributed by atoms with van der Waals surface area (Å²) in [6.45, 7) is 6.32. The number of benzene rings is 1. The SMILES string of the molecule is Cc1cccc(C)c1-n1ncc(CS)c1C. The Kier molecular flexibility index (Phi) is 3.06. The van der Waals surface area contributed by atoms with E-state index in [1.54, 1.807) is 0 Å². The maximum absolute atomic E-state index is 4.45. The number of thiol groups is 1. The summed E-state index contributed by atoms with van der Waals surface area (Å²) < 4.78 is 2.01. The Bertz CT molecular complexity index is 494. The van der Waals surface area contributed by atoms with Gasteiger partial charge in [-0.15, -0.1) is 0 Å². The van der Waals surface area contributed by atoms with Gasteiger partial charge in [-0.05, 0) is 31.9 Å². The molecule has 84 valence electrons. The molecule has 2 nitrogen and oxygen atoms in total. The van der Waals surface area contributed by atoms with Crippen LogP contribution in [0.2, 0.25) is 0 Å². The Morgan fingerprint density at radius 3 is 2.31 bits per heavy atom. The summed E-state index contributed by atoms with van der Waals surface area (Å²) in [7, 11) is 0. The van der Waals surface area contributed by atoms with Gasteiger partial charge >= 0.3 is 0 Å². The molecule has 0 atom stereocenters. The molecule has 2 rings (SSSR count). The van der Waals surface area contributed by atoms with E-state index in [1.807, 2.05) is 10.9 Å². The lowest BCUT2D eigenvalue weighted by molar-refractivity contribution is 0.832. The van der Waals surface area contributed by atoms with Gasteiger partial charge in [0.25, 0.3) is 0 Å². The molecule has 0 N–H and O–H groups in total. The van der Waals surface area contributed by atoms with Crippen molar-refractivity contribution in [1.29, 1.82) is 0 Å². The maximum atomic E-state index is 4.45. The van der Waals surface area contributed by atoms with Gasteiger partial charge in [-0.3, -0.25) is 0 Å². The van der Waals surface area contributed by atoms with Crippen molar-refractivity contribution in [3.05, 3.63) is 46.8 Å². The van der Waals surface area contributed by atoms with Crippen molar-refractivity contribution in [2.24, 2.45) is 0 Å². The van der Waals surface area contributed by atoms with Crippen LogP contribution in [0.1, 0.15) is 22.4 Å². The lowest BCUT2D eigenvalue weighted by Crippen LogP contribution is -2.04. The van der Waals surface area contributed by atoms with E-state index in [2.05, 4.69) is 56.7 Å². The highest BCUT2D eigenvalue weighted by atomic mass is 32.1. The van der Waals surface area contributed by atoms with E-state index in [-0.39, 0.29) is 0 Å². The van der Waals surface area contributed by atoms with Crippen LogP contribution in [0, 0.1) is 20.8 Å². The van der Waals surface area contributed by atoms with Crippen LogP contribution in [0.3, 0.4) is 0 Å². The van der Waals surface area contributed by atoms with Crippen LogP contribution in [0.5, 0.6) is 0 Å². The Balaban J connectivity index is 2.63. The summed E-state index contributed by atoms with van der Waals surface area (Å²) in [6, 6.07) is 6.31. The van der Waals surface area contributed by atoms with Crippen molar-refractivity contribution >= 4 is 12.6 Å². The summed E-state index contributed by atoms with van der Waals surface area (Å²) in [5.41, 5.74) is 6.04. The zero-order chi connectivity index (χ0) is 11.7. The van der Waals surface area contributed by atoms with E-state index >= 15 is 0 Å². The molecule has 3 heteroatoms. The lowest BCUT2D eigenvalue weighted by Gasteiger charge is -2.11. The van der Waals surface area contributed by atoms with E-state index in [0.717, 1.165) is 5.75 Å². The van der Waals surface area contributed by atoms with Crippen molar-refractivity contribution in [2.45, 2.75) is 26.5 Å². The second kappa shape index (κ2) is 4.34. The predicted octanol–water partition coefficient (Wildman–Crippen LogP) is 3.23. The van der Waals surface area contributed by atoms with Crippen LogP contribution in [0.15, 0.2) is 24.4 Å². The molecule has 0 bridgehead atoms. The maximum Gasteiger partial charge on any atom is 0.0707 e. The molecule has 0 aliphatic heterocycles. The molecule has 0 saturated carbocycles. The molecule has 0 aliphatic carbocycles. The number of para-hydroxylation sites is 1. The van der Waals surface area contributed by atoms with Crippen LogP contribution in [-0.4, -0.2) is 9.78 Å². The molecule has 1 aromatic heterocycles. The first-order chi connectivity index (χ1) is 7.65. The highest BCUT2D eigenvalue weighted by Crippen LogP contribution is 2.21. The largest absolute Gasteiger partial charge is 0.237 e. The molecule has 0 radical (unpaired) electrons. The molecule has 0 amide bonds. The van der Waals surface area contributed by atoms with Gasteiger partial charge in [0.1, 0.15) is 0 Å². The lowest BCUT2D eigenvalue weighted by atomic mass is 10.1. The molecule has 2 aromatic rings. The minimum absolute atomic E-state index is 0.733. The number of aryl methyl sites for hydroxylation is 2. The predicted molar refractivity (Wildman–Crippen MR) is 70.5 cm³/mol. The van der Waals surface area contributed by atoms with Crippen molar-refractivity contribution in [3.8, 4) is 5.69 Å². The van der Waals surface area contributed by atoms with E-state index < -0.39 is 0 Å². The first kappa shape index (κ1) is 11.3. The van der Waals surface area contributed by atoms with E-state index in [4.69, 9.17) is 0 Å². The number of nitrogens with zero attached hydrogens (tertiary/aromatic N) is 2. The first-order valence-electron chi connectivity index (χ1n) is 5.36. The van der Waals surface area contributed by atoms with Crippen molar-refractivity contribution < 1.29 is 0 Å². The average Bonchev–Trinajstić information content (AvgIpc) is 2.60. The first-order valence-corrected chi connectivity index (χ1v) is 5.99. The number of hydrogen-bond acceptors (Lipinski definition) is 2. The van der Waals surface area contributed by atoms with Gasteiger partial charge in [0.05, 0.1) is 11.9 Å². The zero-order valence-electron chi connectivity index (χ0n) is 9.86. The molecule has 1 aromatic carbocycles. The second-order valence-electron chi connectivity index (χ2n) is 4.07. The molecule has 0 spiro atoms. The van der Waals surface area contributed by atoms with Gasteiger partial charge in [0, 0.05) is 17.0 Å². The summed E-state index contributed by atoms with van der Waals surface area (Å²) in [5.74, 6) is 0.733. The van der Waals surface area contributed by atoms with Gasteiger partial charge in [0.2, 0.25) is 0 Å². The van der Waals surface area contributed by atoms with Gasteiger partial charge in [-0.2, -0.15) is 17.7 Å². The van der Waals surface area contributed by atoms with Gasteiger partial charge < -0.3 is 0 Å². The van der Waals surface area contributed by atoms with Gasteiger partial charge in [0.15, 0.2) is 0 Å². The van der Waals surface area contributed by atoms with Gasteiger partial charge in [-0.1, -0.05) is 18.2 Å². The highest BCUT2D eigenvalue weighted by Gasteiger charge is 2.10. The van der Waals surface area contributed by atoms with Crippen LogP contribution in [-0.2, 0) is 5.75 Å². The molecule has 0 aliphatic rings. The van der Waals surface area contributed by atoms with Crippen molar-refractivity contribution in [1.82, 2.24) is 9.78 Å². The summed E-state index contributed by atoms with van der Waals surface area (Å²) in [4.78, 5) is 0. The Morgan fingerprint density at radius 1 is 1.19 bits per heavy atom. The quantitative estimate of drug-likeness (QED) is 0.787. The normalized spacial score (nSPS) is 10.8. The number of aromatic nitrogens is 2. The van der Waals surface area contributed by atoms with Crippen molar-refractivity contribution in [3.63, 3.8) is 0 Å². The van der Waals surface area contributed by atoms with Crippen molar-refractivity contribution in [2.75, 3.05) is 0 Å². The highest BCUT2D eigenvalue weighted by molar-refractivity contribution is 7.79. The minimum Gasteiger partial charge on any atom is -0.237 e. The molecule has 16 heavy (non-hydrogen) atoms. The topological polar surface area (TPSA) is 17.8 Å². The molecular weight excluding hydrogens is 216 g/mol. The van der Waals surface area contributed by atoms with Gasteiger partial charge in [-0.25, -0.2) is 4.68 Å². The monoisotopic (exact) mass is 232 g/mol. The van der Waals surface area contributed by atoms with Crippen LogP contribution >= 0.6 is 12.6 Å². The molecule has 0 unspecified atom stereocenters. The Hall–Kier alpha value is -1.22. The van der Waals surface area contributed by atoms with E-state index in [1.165, 1.54) is 28.1 Å². The summed E-state index contributed by atoms with van der Waals surface area (Å²) >= 11 is 4.30. The third-order valence-corrected chi connectivity index (χ3v) is 3.27.